The second-order valence-electron chi connectivity index (χ2n) is 2.39. The Balaban J connectivity index is 3.13. The predicted molar refractivity (Wildman–Crippen MR) is 45.5 cm³/mol. The predicted octanol–water partition coefficient (Wildman–Crippen LogP) is 1.70. The molecule has 0 spiro atoms. The maximum Gasteiger partial charge on any atom is 0.191 e. The Labute approximate surface area is 73.4 Å². The van der Waals surface area contributed by atoms with Gasteiger partial charge in [0, 0.05) is 5.69 Å². The lowest BCUT2D eigenvalue weighted by molar-refractivity contribution is 0.504. The van der Waals surface area contributed by atoms with Gasteiger partial charge in [0.2, 0.25) is 0 Å². The van der Waals surface area contributed by atoms with Gasteiger partial charge in [-0.1, -0.05) is 6.07 Å². The zero-order valence-corrected chi connectivity index (χ0v) is 7.64. The highest BCUT2D eigenvalue weighted by Gasteiger charge is 2.05. The third kappa shape index (κ3) is 1.88. The Morgan fingerprint density at radius 1 is 1.50 bits per heavy atom. The first kappa shape index (κ1) is 9.31. The molecule has 0 aromatic carbocycles. The van der Waals surface area contributed by atoms with Gasteiger partial charge in [0.15, 0.2) is 16.1 Å². The molecule has 0 saturated heterocycles. The molecule has 1 rings (SSSR count). The molecule has 0 fully saturated rings. The van der Waals surface area contributed by atoms with Crippen molar-refractivity contribution < 1.29 is 8.49 Å². The quantitative estimate of drug-likeness (QED) is 0.659. The van der Waals surface area contributed by atoms with Crippen LogP contribution in [0, 0.1) is 13.8 Å². The van der Waals surface area contributed by atoms with E-state index in [-0.39, 0.29) is 0 Å². The number of hydrogen-bond donors (Lipinski definition) is 0. The zero-order valence-electron chi connectivity index (χ0n) is 6.83. The number of pyridine rings is 1. The van der Waals surface area contributed by atoms with Gasteiger partial charge >= 0.3 is 0 Å². The van der Waals surface area contributed by atoms with E-state index in [0.29, 0.717) is 5.03 Å². The van der Waals surface area contributed by atoms with E-state index in [2.05, 4.69) is 9.27 Å². The molecule has 66 valence electrons. The molecule has 1 heterocycles. The lowest BCUT2D eigenvalue weighted by atomic mass is 10.3. The van der Waals surface area contributed by atoms with Crippen molar-refractivity contribution in [1.29, 1.82) is 0 Å². The smallest absolute Gasteiger partial charge is 0.191 e. The lowest BCUT2D eigenvalue weighted by Crippen LogP contribution is -1.99. The monoisotopic (exact) mass is 185 g/mol. The van der Waals surface area contributed by atoms with Crippen LogP contribution in [0.1, 0.15) is 11.3 Å². The molecule has 4 nitrogen and oxygen atoms in total. The number of aromatic nitrogens is 1. The number of nitrogens with zero attached hydrogens (tertiary/aromatic N) is 1. The van der Waals surface area contributed by atoms with Crippen LogP contribution in [0.4, 0.5) is 0 Å². The van der Waals surface area contributed by atoms with Crippen molar-refractivity contribution in [1.82, 2.24) is 4.98 Å². The van der Waals surface area contributed by atoms with Crippen molar-refractivity contribution in [2.45, 2.75) is 18.9 Å². The second-order valence-corrected chi connectivity index (χ2v) is 3.42. The summed E-state index contributed by atoms with van der Waals surface area (Å²) in [7, 11) is 0. The SMILES string of the molecule is Cc1ccc(C)c(S(=O)O[NH-])n1. The van der Waals surface area contributed by atoms with E-state index < -0.39 is 11.1 Å². The maximum absolute atomic E-state index is 11.0. The third-order valence-electron chi connectivity index (χ3n) is 1.42. The molecular weight excluding hydrogens is 176 g/mol. The van der Waals surface area contributed by atoms with E-state index in [4.69, 9.17) is 5.90 Å². The topological polar surface area (TPSA) is 63.0 Å². The van der Waals surface area contributed by atoms with E-state index in [0.717, 1.165) is 11.3 Å². The van der Waals surface area contributed by atoms with Gasteiger partial charge in [-0.3, -0.25) is 0 Å². The van der Waals surface area contributed by atoms with Gasteiger partial charge in [-0.05, 0) is 25.5 Å². The van der Waals surface area contributed by atoms with Gasteiger partial charge in [-0.25, -0.2) is 9.19 Å². The molecule has 1 unspecified atom stereocenters. The largest absolute Gasteiger partial charge is 0.533 e. The summed E-state index contributed by atoms with van der Waals surface area (Å²) in [6, 6.07) is 3.62. The van der Waals surface area contributed by atoms with Crippen LogP contribution in [0.15, 0.2) is 17.2 Å². The molecule has 0 bridgehead atoms. The summed E-state index contributed by atoms with van der Waals surface area (Å²) in [6.07, 6.45) is 0. The molecule has 0 amide bonds. The Kier molecular flexibility index (Phi) is 2.91. The highest BCUT2D eigenvalue weighted by molar-refractivity contribution is 7.80. The summed E-state index contributed by atoms with van der Waals surface area (Å²) in [5, 5.41) is 0.324. The summed E-state index contributed by atoms with van der Waals surface area (Å²) in [4.78, 5) is 4.00. The summed E-state index contributed by atoms with van der Waals surface area (Å²) >= 11 is -1.76. The van der Waals surface area contributed by atoms with Gasteiger partial charge in [-0.15, -0.1) is 0 Å². The first-order valence-corrected chi connectivity index (χ1v) is 4.42. The van der Waals surface area contributed by atoms with E-state index >= 15 is 0 Å². The molecule has 12 heavy (non-hydrogen) atoms. The zero-order chi connectivity index (χ0) is 9.14. The minimum absolute atomic E-state index is 0.324. The lowest BCUT2D eigenvalue weighted by Gasteiger charge is -2.06. The fraction of sp³-hybridized carbons (Fsp3) is 0.286. The fourth-order valence-corrected chi connectivity index (χ4v) is 1.44. The molecule has 0 radical (unpaired) electrons. The van der Waals surface area contributed by atoms with Gasteiger partial charge in [0.25, 0.3) is 0 Å². The van der Waals surface area contributed by atoms with Crippen LogP contribution in [0.3, 0.4) is 0 Å². The fourth-order valence-electron chi connectivity index (χ4n) is 0.811. The molecule has 1 N–H and O–H groups in total. The van der Waals surface area contributed by atoms with Crippen LogP contribution in [0.2, 0.25) is 0 Å². The Morgan fingerprint density at radius 3 is 2.75 bits per heavy atom. The standard InChI is InChI=1S/C7H9N2O2S/c1-5-3-4-6(2)9-7(5)12(10)11-8/h3-4,8H,1-2H3/q-1. The molecule has 1 aromatic rings. The highest BCUT2D eigenvalue weighted by atomic mass is 32.2. The molecule has 1 atom stereocenters. The maximum atomic E-state index is 11.0. The first-order valence-electron chi connectivity index (χ1n) is 3.35. The molecule has 0 aliphatic rings. The Bertz CT molecular complexity index is 314. The molecule has 1 aromatic heterocycles. The van der Waals surface area contributed by atoms with Crippen LogP contribution in [-0.2, 0) is 15.4 Å². The molecule has 0 aliphatic heterocycles. The van der Waals surface area contributed by atoms with Crippen LogP contribution >= 0.6 is 0 Å². The van der Waals surface area contributed by atoms with Crippen molar-refractivity contribution in [3.05, 3.63) is 29.3 Å². The minimum Gasteiger partial charge on any atom is -0.533 e. The van der Waals surface area contributed by atoms with Crippen molar-refractivity contribution >= 4 is 11.1 Å². The van der Waals surface area contributed by atoms with E-state index in [9.17, 15) is 4.21 Å². The van der Waals surface area contributed by atoms with Crippen molar-refractivity contribution in [2.24, 2.45) is 0 Å². The summed E-state index contributed by atoms with van der Waals surface area (Å²) in [5.74, 6) is 6.47. The number of aryl methyl sites for hydroxylation is 2. The number of nitrogens with one attached hydrogen (secondary N) is 1. The summed E-state index contributed by atoms with van der Waals surface area (Å²) < 4.78 is 15.0. The van der Waals surface area contributed by atoms with E-state index in [1.807, 2.05) is 6.07 Å². The van der Waals surface area contributed by atoms with Crippen LogP contribution in [-0.4, -0.2) is 9.19 Å². The number of rotatable bonds is 2. The van der Waals surface area contributed by atoms with Crippen molar-refractivity contribution in [2.75, 3.05) is 0 Å². The average molecular weight is 185 g/mol. The highest BCUT2D eigenvalue weighted by Crippen LogP contribution is 2.11. The Hall–Kier alpha value is -0.780. The number of hydrogen-bond acceptors (Lipinski definition) is 3. The summed E-state index contributed by atoms with van der Waals surface area (Å²) in [6.45, 7) is 3.57. The average Bonchev–Trinajstić information content (AvgIpc) is 2.08. The Morgan fingerprint density at radius 2 is 2.17 bits per heavy atom. The van der Waals surface area contributed by atoms with Crippen molar-refractivity contribution in [3.8, 4) is 0 Å². The molecule has 0 saturated carbocycles. The van der Waals surface area contributed by atoms with E-state index in [1.54, 1.807) is 19.9 Å². The van der Waals surface area contributed by atoms with Gasteiger partial charge in [0.1, 0.15) is 0 Å². The van der Waals surface area contributed by atoms with Gasteiger partial charge < -0.3 is 10.2 Å². The molecule has 5 heteroatoms. The van der Waals surface area contributed by atoms with Gasteiger partial charge in [0.05, 0.1) is 0 Å². The molecule has 0 aliphatic carbocycles. The first-order chi connectivity index (χ1) is 5.65. The second kappa shape index (κ2) is 3.75. The van der Waals surface area contributed by atoms with Crippen molar-refractivity contribution in [3.63, 3.8) is 0 Å². The molecular formula is C7H9N2O2S-. The van der Waals surface area contributed by atoms with Crippen LogP contribution in [0.5, 0.6) is 0 Å². The summed E-state index contributed by atoms with van der Waals surface area (Å²) in [5.41, 5.74) is 1.53. The van der Waals surface area contributed by atoms with Crippen LogP contribution in [0.25, 0.3) is 5.90 Å². The minimum atomic E-state index is -1.76. The van der Waals surface area contributed by atoms with Crippen LogP contribution < -0.4 is 0 Å². The normalized spacial score (nSPS) is 12.9. The van der Waals surface area contributed by atoms with E-state index in [1.165, 1.54) is 0 Å². The van der Waals surface area contributed by atoms with Gasteiger partial charge in [-0.2, -0.15) is 0 Å². The third-order valence-corrected chi connectivity index (χ3v) is 2.30.